The van der Waals surface area contributed by atoms with Gasteiger partial charge in [-0.15, -0.1) is 0 Å². The van der Waals surface area contributed by atoms with Gasteiger partial charge in [0.1, 0.15) is 0 Å². The summed E-state index contributed by atoms with van der Waals surface area (Å²) >= 11 is 0. The quantitative estimate of drug-likeness (QED) is 0.590. The highest BCUT2D eigenvalue weighted by atomic mass is 16.5. The Bertz CT molecular complexity index is 1080. The number of anilines is 2. The number of carbonyl (C=O) groups excluding carboxylic acids is 2. The molecule has 0 unspecified atom stereocenters. The van der Waals surface area contributed by atoms with Crippen molar-refractivity contribution >= 4 is 23.3 Å². The van der Waals surface area contributed by atoms with E-state index >= 15 is 0 Å². The predicted molar refractivity (Wildman–Crippen MR) is 121 cm³/mol. The maximum atomic E-state index is 13.4. The molecule has 1 aromatic carbocycles. The Kier molecular flexibility index (Phi) is 6.72. The third kappa shape index (κ3) is 4.92. The third-order valence-corrected chi connectivity index (χ3v) is 5.27. The molecular weight excluding hydrogens is 406 g/mol. The molecule has 3 aromatic rings. The molecule has 32 heavy (non-hydrogen) atoms. The van der Waals surface area contributed by atoms with Crippen LogP contribution in [-0.4, -0.2) is 53.5 Å². The second-order valence-electron chi connectivity index (χ2n) is 7.49. The number of rotatable bonds is 8. The number of nitrogens with one attached hydrogen (secondary N) is 1. The SMILES string of the molecule is COCCN(Cc1ccncc1)C(=O)c1cnc2c(c1)N(Cc1ccccc1)C(=O)CN2. The molecule has 0 spiro atoms. The number of carbonyl (C=O) groups is 2. The van der Waals surface area contributed by atoms with Gasteiger partial charge in [0.15, 0.2) is 5.82 Å². The van der Waals surface area contributed by atoms with Gasteiger partial charge in [-0.05, 0) is 29.3 Å². The predicted octanol–water partition coefficient (Wildman–Crippen LogP) is 2.72. The molecule has 2 amide bonds. The van der Waals surface area contributed by atoms with Gasteiger partial charge in [-0.25, -0.2) is 4.98 Å². The minimum Gasteiger partial charge on any atom is -0.383 e. The number of ether oxygens (including phenoxy) is 1. The van der Waals surface area contributed by atoms with Crippen molar-refractivity contribution in [3.05, 3.63) is 83.8 Å². The number of hydrogen-bond acceptors (Lipinski definition) is 6. The van der Waals surface area contributed by atoms with Gasteiger partial charge in [0.25, 0.3) is 5.91 Å². The smallest absolute Gasteiger partial charge is 0.255 e. The molecule has 0 saturated heterocycles. The van der Waals surface area contributed by atoms with Gasteiger partial charge in [0, 0.05) is 38.8 Å². The van der Waals surface area contributed by atoms with Crippen LogP contribution in [0.1, 0.15) is 21.5 Å². The monoisotopic (exact) mass is 431 g/mol. The van der Waals surface area contributed by atoms with Gasteiger partial charge in [-0.3, -0.25) is 14.6 Å². The van der Waals surface area contributed by atoms with E-state index in [1.54, 1.807) is 41.6 Å². The van der Waals surface area contributed by atoms with Crippen molar-refractivity contribution in [1.29, 1.82) is 0 Å². The summed E-state index contributed by atoms with van der Waals surface area (Å²) in [6.07, 6.45) is 4.96. The van der Waals surface area contributed by atoms with E-state index in [-0.39, 0.29) is 18.4 Å². The molecule has 1 aliphatic rings. The van der Waals surface area contributed by atoms with E-state index in [2.05, 4.69) is 15.3 Å². The van der Waals surface area contributed by atoms with Crippen LogP contribution in [0.5, 0.6) is 0 Å². The Labute approximate surface area is 186 Å². The highest BCUT2D eigenvalue weighted by molar-refractivity contribution is 6.04. The number of aromatic nitrogens is 2. The number of hydrogen-bond donors (Lipinski definition) is 1. The summed E-state index contributed by atoms with van der Waals surface area (Å²) in [6, 6.07) is 15.3. The Morgan fingerprint density at radius 1 is 1.16 bits per heavy atom. The summed E-state index contributed by atoms with van der Waals surface area (Å²) in [7, 11) is 1.61. The third-order valence-electron chi connectivity index (χ3n) is 5.27. The highest BCUT2D eigenvalue weighted by Gasteiger charge is 2.27. The molecule has 8 heteroatoms. The molecule has 3 heterocycles. The first-order valence-electron chi connectivity index (χ1n) is 10.4. The summed E-state index contributed by atoms with van der Waals surface area (Å²) in [5, 5.41) is 3.04. The van der Waals surface area contributed by atoms with Gasteiger partial charge in [0.2, 0.25) is 5.91 Å². The number of amides is 2. The summed E-state index contributed by atoms with van der Waals surface area (Å²) in [5.41, 5.74) is 3.00. The number of benzene rings is 1. The molecule has 1 aliphatic heterocycles. The maximum Gasteiger partial charge on any atom is 0.255 e. The fourth-order valence-electron chi connectivity index (χ4n) is 3.59. The van der Waals surface area contributed by atoms with Crippen LogP contribution in [-0.2, 0) is 22.6 Å². The fourth-order valence-corrected chi connectivity index (χ4v) is 3.59. The van der Waals surface area contributed by atoms with Gasteiger partial charge in [-0.1, -0.05) is 30.3 Å². The summed E-state index contributed by atoms with van der Waals surface area (Å²) < 4.78 is 5.20. The van der Waals surface area contributed by atoms with E-state index < -0.39 is 0 Å². The van der Waals surface area contributed by atoms with E-state index in [9.17, 15) is 9.59 Å². The molecule has 0 radical (unpaired) electrons. The molecular formula is C24H25N5O3. The van der Waals surface area contributed by atoms with Crippen LogP contribution in [0.4, 0.5) is 11.5 Å². The summed E-state index contributed by atoms with van der Waals surface area (Å²) in [5.74, 6) is 0.349. The van der Waals surface area contributed by atoms with E-state index in [0.717, 1.165) is 11.1 Å². The molecule has 2 aromatic heterocycles. The second kappa shape index (κ2) is 10.0. The zero-order chi connectivity index (χ0) is 22.3. The van der Waals surface area contributed by atoms with E-state index in [1.165, 1.54) is 0 Å². The molecule has 1 N–H and O–H groups in total. The van der Waals surface area contributed by atoms with Crippen LogP contribution < -0.4 is 10.2 Å². The molecule has 0 bridgehead atoms. The first kappa shape index (κ1) is 21.5. The number of pyridine rings is 2. The van der Waals surface area contributed by atoms with Crippen LogP contribution in [0.25, 0.3) is 0 Å². The lowest BCUT2D eigenvalue weighted by Gasteiger charge is -2.30. The van der Waals surface area contributed by atoms with Gasteiger partial charge in [0.05, 0.1) is 30.9 Å². The lowest BCUT2D eigenvalue weighted by atomic mass is 10.1. The molecule has 0 atom stereocenters. The second-order valence-corrected chi connectivity index (χ2v) is 7.49. The van der Waals surface area contributed by atoms with Gasteiger partial charge in [-0.2, -0.15) is 0 Å². The van der Waals surface area contributed by atoms with Crippen LogP contribution in [0.3, 0.4) is 0 Å². The average Bonchev–Trinajstić information content (AvgIpc) is 2.84. The van der Waals surface area contributed by atoms with Crippen LogP contribution in [0.15, 0.2) is 67.1 Å². The van der Waals surface area contributed by atoms with Crippen molar-refractivity contribution in [2.45, 2.75) is 13.1 Å². The highest BCUT2D eigenvalue weighted by Crippen LogP contribution is 2.30. The Balaban J connectivity index is 1.61. The number of methoxy groups -OCH3 is 1. The minimum absolute atomic E-state index is 0.0687. The molecule has 4 rings (SSSR count). The van der Waals surface area contributed by atoms with Gasteiger partial charge < -0.3 is 19.9 Å². The zero-order valence-corrected chi connectivity index (χ0v) is 17.9. The van der Waals surface area contributed by atoms with Gasteiger partial charge >= 0.3 is 0 Å². The molecule has 164 valence electrons. The zero-order valence-electron chi connectivity index (χ0n) is 17.9. The lowest BCUT2D eigenvalue weighted by Crippen LogP contribution is -2.40. The normalized spacial score (nSPS) is 12.8. The van der Waals surface area contributed by atoms with E-state index in [0.29, 0.717) is 43.3 Å². The van der Waals surface area contributed by atoms with Crippen LogP contribution >= 0.6 is 0 Å². The van der Waals surface area contributed by atoms with Crippen molar-refractivity contribution in [1.82, 2.24) is 14.9 Å². The Morgan fingerprint density at radius 3 is 2.69 bits per heavy atom. The topological polar surface area (TPSA) is 87.7 Å². The first-order chi connectivity index (χ1) is 15.7. The maximum absolute atomic E-state index is 13.4. The van der Waals surface area contributed by atoms with Crippen molar-refractivity contribution in [2.75, 3.05) is 37.0 Å². The summed E-state index contributed by atoms with van der Waals surface area (Å²) in [6.45, 7) is 1.85. The fraction of sp³-hybridized carbons (Fsp3) is 0.250. The Morgan fingerprint density at radius 2 is 1.94 bits per heavy atom. The Hall–Kier alpha value is -3.78. The van der Waals surface area contributed by atoms with E-state index in [4.69, 9.17) is 4.74 Å². The largest absolute Gasteiger partial charge is 0.383 e. The average molecular weight is 431 g/mol. The number of fused-ring (bicyclic) bond motifs is 1. The molecule has 0 aliphatic carbocycles. The van der Waals surface area contributed by atoms with Crippen molar-refractivity contribution in [3.63, 3.8) is 0 Å². The first-order valence-corrected chi connectivity index (χ1v) is 10.4. The molecule has 0 fully saturated rings. The lowest BCUT2D eigenvalue weighted by molar-refractivity contribution is -0.117. The minimum atomic E-state index is -0.174. The van der Waals surface area contributed by atoms with Crippen LogP contribution in [0.2, 0.25) is 0 Å². The van der Waals surface area contributed by atoms with E-state index in [1.807, 2.05) is 42.5 Å². The van der Waals surface area contributed by atoms with Crippen molar-refractivity contribution < 1.29 is 14.3 Å². The molecule has 8 nitrogen and oxygen atoms in total. The summed E-state index contributed by atoms with van der Waals surface area (Å²) in [4.78, 5) is 37.9. The number of nitrogens with zero attached hydrogens (tertiary/aromatic N) is 4. The van der Waals surface area contributed by atoms with Crippen molar-refractivity contribution in [2.24, 2.45) is 0 Å². The molecule has 0 saturated carbocycles. The standard InChI is InChI=1S/C24H25N5O3/c1-32-12-11-28(16-19-7-9-25-10-8-19)24(31)20-13-21-23(26-14-20)27-15-22(30)29(21)17-18-5-3-2-4-6-18/h2-10,13-14H,11-12,15-17H2,1H3,(H,26,27). The van der Waals surface area contributed by atoms with Crippen LogP contribution in [0, 0.1) is 0 Å². The van der Waals surface area contributed by atoms with Crippen molar-refractivity contribution in [3.8, 4) is 0 Å².